The zero-order valence-corrected chi connectivity index (χ0v) is 9.23. The Hall–Kier alpha value is -1.71. The number of hydrogen-bond acceptors (Lipinski definition) is 3. The van der Waals surface area contributed by atoms with Gasteiger partial charge in [0.25, 0.3) is 0 Å². The largest absolute Gasteiger partial charge is 0.464 e. The molecular weight excluding hydrogens is 202 g/mol. The first-order valence-electron chi connectivity index (χ1n) is 5.64. The van der Waals surface area contributed by atoms with E-state index in [9.17, 15) is 0 Å². The molecule has 0 amide bonds. The van der Waals surface area contributed by atoms with E-state index in [1.165, 1.54) is 6.42 Å². The van der Waals surface area contributed by atoms with E-state index < -0.39 is 0 Å². The number of furan rings is 1. The predicted molar refractivity (Wildman–Crippen MR) is 61.1 cm³/mol. The molecule has 0 bridgehead atoms. The smallest absolute Gasteiger partial charge is 0.123 e. The molecule has 0 aromatic carbocycles. The fourth-order valence-electron chi connectivity index (χ4n) is 1.94. The molecule has 1 aliphatic carbocycles. The van der Waals surface area contributed by atoms with E-state index in [-0.39, 0.29) is 0 Å². The Morgan fingerprint density at radius 2 is 2.44 bits per heavy atom. The van der Waals surface area contributed by atoms with E-state index in [0.29, 0.717) is 12.5 Å². The molecule has 1 aliphatic rings. The Bertz CT molecular complexity index is 460. The Labute approximate surface area is 94.0 Å². The van der Waals surface area contributed by atoms with Gasteiger partial charge in [-0.2, -0.15) is 5.10 Å². The molecular formula is C12H15N3O. The monoisotopic (exact) mass is 217 g/mol. The fourth-order valence-corrected chi connectivity index (χ4v) is 1.94. The number of aromatic nitrogens is 2. The van der Waals surface area contributed by atoms with Gasteiger partial charge in [-0.15, -0.1) is 0 Å². The van der Waals surface area contributed by atoms with E-state index in [2.05, 4.69) is 28.5 Å². The van der Waals surface area contributed by atoms with Crippen molar-refractivity contribution in [1.29, 1.82) is 0 Å². The maximum atomic E-state index is 5.78. The normalized spacial score (nSPS) is 23.3. The number of H-pyrrole nitrogens is 1. The van der Waals surface area contributed by atoms with Gasteiger partial charge in [0, 0.05) is 12.1 Å². The molecule has 0 spiro atoms. The quantitative estimate of drug-likeness (QED) is 0.828. The number of hydrogen-bond donors (Lipinski definition) is 2. The summed E-state index contributed by atoms with van der Waals surface area (Å²) in [6.45, 7) is 2.97. The highest BCUT2D eigenvalue weighted by Crippen LogP contribution is 2.47. The summed E-state index contributed by atoms with van der Waals surface area (Å²) in [6, 6.07) is 4.15. The number of aromatic amines is 1. The molecule has 84 valence electrons. The minimum atomic E-state index is 0.655. The van der Waals surface area contributed by atoms with Gasteiger partial charge in [0.15, 0.2) is 0 Å². The molecule has 2 atom stereocenters. The molecule has 2 aromatic heterocycles. The van der Waals surface area contributed by atoms with E-state index >= 15 is 0 Å². The van der Waals surface area contributed by atoms with Crippen molar-refractivity contribution in [3.63, 3.8) is 0 Å². The summed E-state index contributed by atoms with van der Waals surface area (Å²) >= 11 is 0. The van der Waals surface area contributed by atoms with Gasteiger partial charge in [0.05, 0.1) is 18.4 Å². The van der Waals surface area contributed by atoms with Crippen molar-refractivity contribution in [1.82, 2.24) is 10.2 Å². The second kappa shape index (κ2) is 3.70. The first kappa shape index (κ1) is 9.51. The van der Waals surface area contributed by atoms with Crippen LogP contribution in [0.1, 0.15) is 30.8 Å². The second-order valence-corrected chi connectivity index (χ2v) is 4.46. The molecule has 2 heterocycles. The molecule has 0 radical (unpaired) electrons. The SMILES string of the molecule is CC1CC1c1ccc(CNc2cn[nH]c2)o1. The highest BCUT2D eigenvalue weighted by molar-refractivity contribution is 5.37. The molecule has 1 saturated carbocycles. The van der Waals surface area contributed by atoms with Crippen LogP contribution in [0.4, 0.5) is 5.69 Å². The van der Waals surface area contributed by atoms with E-state index in [1.54, 1.807) is 6.20 Å². The molecule has 2 N–H and O–H groups in total. The third-order valence-electron chi connectivity index (χ3n) is 3.12. The zero-order valence-electron chi connectivity index (χ0n) is 9.23. The summed E-state index contributed by atoms with van der Waals surface area (Å²) in [5, 5.41) is 9.87. The second-order valence-electron chi connectivity index (χ2n) is 4.46. The third-order valence-corrected chi connectivity index (χ3v) is 3.12. The van der Waals surface area contributed by atoms with Crippen molar-refractivity contribution in [2.24, 2.45) is 5.92 Å². The number of rotatable bonds is 4. The van der Waals surface area contributed by atoms with E-state index in [1.807, 2.05) is 12.3 Å². The summed E-state index contributed by atoms with van der Waals surface area (Å²) in [7, 11) is 0. The van der Waals surface area contributed by atoms with Crippen molar-refractivity contribution in [2.45, 2.75) is 25.8 Å². The molecule has 16 heavy (non-hydrogen) atoms. The number of nitrogens with one attached hydrogen (secondary N) is 2. The number of nitrogens with zero attached hydrogens (tertiary/aromatic N) is 1. The van der Waals surface area contributed by atoms with Crippen LogP contribution in [-0.4, -0.2) is 10.2 Å². The lowest BCUT2D eigenvalue weighted by molar-refractivity contribution is 0.468. The van der Waals surface area contributed by atoms with Gasteiger partial charge in [-0.1, -0.05) is 6.92 Å². The van der Waals surface area contributed by atoms with Gasteiger partial charge in [-0.05, 0) is 24.5 Å². The Morgan fingerprint density at radius 3 is 3.12 bits per heavy atom. The van der Waals surface area contributed by atoms with Crippen molar-refractivity contribution < 1.29 is 4.42 Å². The molecule has 3 rings (SSSR count). The van der Waals surface area contributed by atoms with Crippen LogP contribution in [0.25, 0.3) is 0 Å². The van der Waals surface area contributed by atoms with Gasteiger partial charge in [0.1, 0.15) is 11.5 Å². The standard InChI is InChI=1S/C12H15N3O/c1-8-4-11(8)12-3-2-10(16-12)7-13-9-5-14-15-6-9/h2-3,5-6,8,11,13H,4,7H2,1H3,(H,14,15). The average Bonchev–Trinajstić information content (AvgIpc) is 2.80. The highest BCUT2D eigenvalue weighted by atomic mass is 16.3. The molecule has 4 heteroatoms. The van der Waals surface area contributed by atoms with E-state index in [4.69, 9.17) is 4.42 Å². The van der Waals surface area contributed by atoms with Gasteiger partial charge in [0.2, 0.25) is 0 Å². The predicted octanol–water partition coefficient (Wildman–Crippen LogP) is 2.74. The molecule has 1 fully saturated rings. The van der Waals surface area contributed by atoms with Crippen molar-refractivity contribution in [2.75, 3.05) is 5.32 Å². The van der Waals surface area contributed by atoms with Crippen LogP contribution < -0.4 is 5.32 Å². The summed E-state index contributed by atoms with van der Waals surface area (Å²) < 4.78 is 5.78. The molecule has 4 nitrogen and oxygen atoms in total. The van der Waals surface area contributed by atoms with Gasteiger partial charge in [-0.25, -0.2) is 0 Å². The van der Waals surface area contributed by atoms with Crippen LogP contribution in [0, 0.1) is 5.92 Å². The van der Waals surface area contributed by atoms with Crippen molar-refractivity contribution >= 4 is 5.69 Å². The van der Waals surface area contributed by atoms with Crippen LogP contribution in [-0.2, 0) is 6.54 Å². The molecule has 0 saturated heterocycles. The first-order valence-corrected chi connectivity index (χ1v) is 5.64. The van der Waals surface area contributed by atoms with Crippen LogP contribution >= 0.6 is 0 Å². The maximum Gasteiger partial charge on any atom is 0.123 e. The van der Waals surface area contributed by atoms with E-state index in [0.717, 1.165) is 23.1 Å². The fraction of sp³-hybridized carbons (Fsp3) is 0.417. The Morgan fingerprint density at radius 1 is 1.56 bits per heavy atom. The minimum Gasteiger partial charge on any atom is -0.464 e. The summed E-state index contributed by atoms with van der Waals surface area (Å²) in [5.74, 6) is 3.57. The Kier molecular flexibility index (Phi) is 2.20. The summed E-state index contributed by atoms with van der Waals surface area (Å²) in [6.07, 6.45) is 4.85. The van der Waals surface area contributed by atoms with Crippen molar-refractivity contribution in [3.8, 4) is 0 Å². The van der Waals surface area contributed by atoms with Gasteiger partial charge in [-0.3, -0.25) is 5.10 Å². The topological polar surface area (TPSA) is 53.9 Å². The lowest BCUT2D eigenvalue weighted by Crippen LogP contribution is -1.96. The molecule has 0 aliphatic heterocycles. The van der Waals surface area contributed by atoms with Crippen LogP contribution in [0.5, 0.6) is 0 Å². The molecule has 2 aromatic rings. The average molecular weight is 217 g/mol. The molecule has 2 unspecified atom stereocenters. The summed E-state index contributed by atoms with van der Waals surface area (Å²) in [5.41, 5.74) is 0.984. The third kappa shape index (κ3) is 1.83. The summed E-state index contributed by atoms with van der Waals surface area (Å²) in [4.78, 5) is 0. The van der Waals surface area contributed by atoms with Crippen LogP contribution in [0.3, 0.4) is 0 Å². The number of anilines is 1. The van der Waals surface area contributed by atoms with Gasteiger partial charge >= 0.3 is 0 Å². The van der Waals surface area contributed by atoms with Crippen LogP contribution in [0.2, 0.25) is 0 Å². The minimum absolute atomic E-state index is 0.655. The highest BCUT2D eigenvalue weighted by Gasteiger charge is 2.36. The van der Waals surface area contributed by atoms with Gasteiger partial charge < -0.3 is 9.73 Å². The lowest BCUT2D eigenvalue weighted by Gasteiger charge is -1.99. The lowest BCUT2D eigenvalue weighted by atomic mass is 10.3. The zero-order chi connectivity index (χ0) is 11.0. The van der Waals surface area contributed by atoms with Crippen LogP contribution in [0.15, 0.2) is 28.9 Å². The Balaban J connectivity index is 1.60. The maximum absolute atomic E-state index is 5.78. The van der Waals surface area contributed by atoms with Crippen molar-refractivity contribution in [3.05, 3.63) is 36.0 Å². The first-order chi connectivity index (χ1) is 7.83.